The van der Waals surface area contributed by atoms with Crippen LogP contribution in [0.1, 0.15) is 39.0 Å². The Morgan fingerprint density at radius 2 is 1.64 bits per heavy atom. The standard InChI is InChI=1S/C17H21ClN2O2/c1-2-11-19-16(21)14-5-3-4-6-15(14)17(22)20-13-9-7-12(18)8-10-13/h7-10H,2-6,11H2,1H3,(H,19,21)(H,20,22). The van der Waals surface area contributed by atoms with Crippen LogP contribution in [0.3, 0.4) is 0 Å². The highest BCUT2D eigenvalue weighted by Gasteiger charge is 2.23. The number of benzene rings is 1. The number of carbonyl (C=O) groups excluding carboxylic acids is 2. The zero-order valence-corrected chi connectivity index (χ0v) is 13.5. The molecule has 0 unspecified atom stereocenters. The molecule has 0 spiro atoms. The molecule has 1 aromatic rings. The van der Waals surface area contributed by atoms with Crippen LogP contribution >= 0.6 is 11.6 Å². The fourth-order valence-corrected chi connectivity index (χ4v) is 2.62. The number of hydrogen-bond donors (Lipinski definition) is 2. The summed E-state index contributed by atoms with van der Waals surface area (Å²) in [4.78, 5) is 24.7. The minimum atomic E-state index is -0.191. The lowest BCUT2D eigenvalue weighted by Gasteiger charge is -2.19. The van der Waals surface area contributed by atoms with Gasteiger partial charge in [0.1, 0.15) is 0 Å². The maximum absolute atomic E-state index is 12.5. The summed E-state index contributed by atoms with van der Waals surface area (Å²) in [6, 6.07) is 6.95. The topological polar surface area (TPSA) is 58.2 Å². The van der Waals surface area contributed by atoms with E-state index >= 15 is 0 Å². The van der Waals surface area contributed by atoms with Crippen molar-refractivity contribution in [1.29, 1.82) is 0 Å². The van der Waals surface area contributed by atoms with E-state index in [1.165, 1.54) is 0 Å². The molecule has 0 atom stereocenters. The molecule has 2 amide bonds. The van der Waals surface area contributed by atoms with Gasteiger partial charge < -0.3 is 10.6 Å². The second-order valence-corrected chi connectivity index (χ2v) is 5.82. The molecule has 118 valence electrons. The predicted molar refractivity (Wildman–Crippen MR) is 88.9 cm³/mol. The molecular weight excluding hydrogens is 300 g/mol. The fraction of sp³-hybridized carbons (Fsp3) is 0.412. The summed E-state index contributed by atoms with van der Waals surface area (Å²) in [7, 11) is 0. The second kappa shape index (κ2) is 7.99. The average molecular weight is 321 g/mol. The lowest BCUT2D eigenvalue weighted by atomic mass is 9.90. The van der Waals surface area contributed by atoms with Crippen LogP contribution in [0.5, 0.6) is 0 Å². The zero-order chi connectivity index (χ0) is 15.9. The number of nitrogens with one attached hydrogen (secondary N) is 2. The van der Waals surface area contributed by atoms with Crippen molar-refractivity contribution in [2.75, 3.05) is 11.9 Å². The quantitative estimate of drug-likeness (QED) is 0.869. The van der Waals surface area contributed by atoms with Crippen LogP contribution in [-0.2, 0) is 9.59 Å². The maximum Gasteiger partial charge on any atom is 0.252 e. The molecule has 1 aliphatic carbocycles. The molecule has 1 aliphatic rings. The minimum Gasteiger partial charge on any atom is -0.352 e. The van der Waals surface area contributed by atoms with Crippen LogP contribution in [0.25, 0.3) is 0 Å². The molecule has 0 aliphatic heterocycles. The van der Waals surface area contributed by atoms with E-state index in [4.69, 9.17) is 11.6 Å². The second-order valence-electron chi connectivity index (χ2n) is 5.38. The van der Waals surface area contributed by atoms with Crippen LogP contribution in [0.4, 0.5) is 5.69 Å². The van der Waals surface area contributed by atoms with Gasteiger partial charge in [-0.2, -0.15) is 0 Å². The maximum atomic E-state index is 12.5. The van der Waals surface area contributed by atoms with Gasteiger partial charge in [-0.25, -0.2) is 0 Å². The van der Waals surface area contributed by atoms with E-state index in [0.29, 0.717) is 41.2 Å². The summed E-state index contributed by atoms with van der Waals surface area (Å²) in [6.45, 7) is 2.64. The van der Waals surface area contributed by atoms with Gasteiger partial charge in [0, 0.05) is 28.4 Å². The Labute approximate surface area is 135 Å². The highest BCUT2D eigenvalue weighted by molar-refractivity contribution is 6.30. The third-order valence-electron chi connectivity index (χ3n) is 3.65. The molecule has 2 N–H and O–H groups in total. The molecule has 0 radical (unpaired) electrons. The van der Waals surface area contributed by atoms with E-state index in [9.17, 15) is 9.59 Å². The fourth-order valence-electron chi connectivity index (χ4n) is 2.49. The average Bonchev–Trinajstić information content (AvgIpc) is 2.54. The molecule has 0 saturated carbocycles. The van der Waals surface area contributed by atoms with Gasteiger partial charge in [-0.15, -0.1) is 0 Å². The highest BCUT2D eigenvalue weighted by atomic mass is 35.5. The summed E-state index contributed by atoms with van der Waals surface area (Å²) >= 11 is 5.84. The first-order valence-electron chi connectivity index (χ1n) is 7.69. The first kappa shape index (κ1) is 16.6. The van der Waals surface area contributed by atoms with E-state index in [2.05, 4.69) is 10.6 Å². The SMILES string of the molecule is CCCNC(=O)C1=C(C(=O)Nc2ccc(Cl)cc2)CCCC1. The number of rotatable bonds is 5. The molecule has 2 rings (SSSR count). The Morgan fingerprint density at radius 1 is 1.05 bits per heavy atom. The van der Waals surface area contributed by atoms with Crippen molar-refractivity contribution in [1.82, 2.24) is 5.32 Å². The van der Waals surface area contributed by atoms with E-state index in [1.54, 1.807) is 24.3 Å². The van der Waals surface area contributed by atoms with Gasteiger partial charge >= 0.3 is 0 Å². The minimum absolute atomic E-state index is 0.109. The van der Waals surface area contributed by atoms with Gasteiger partial charge in [0.25, 0.3) is 5.91 Å². The first-order valence-corrected chi connectivity index (χ1v) is 8.06. The molecule has 4 nitrogen and oxygen atoms in total. The molecule has 0 bridgehead atoms. The zero-order valence-electron chi connectivity index (χ0n) is 12.7. The van der Waals surface area contributed by atoms with Crippen molar-refractivity contribution in [2.24, 2.45) is 0 Å². The third-order valence-corrected chi connectivity index (χ3v) is 3.91. The van der Waals surface area contributed by atoms with E-state index in [-0.39, 0.29) is 11.8 Å². The summed E-state index contributed by atoms with van der Waals surface area (Å²) in [5, 5.41) is 6.33. The number of carbonyl (C=O) groups is 2. The van der Waals surface area contributed by atoms with Crippen LogP contribution in [0, 0.1) is 0 Å². The summed E-state index contributed by atoms with van der Waals surface area (Å²) in [5.41, 5.74) is 1.92. The van der Waals surface area contributed by atoms with Crippen LogP contribution in [-0.4, -0.2) is 18.4 Å². The van der Waals surface area contributed by atoms with Crippen LogP contribution < -0.4 is 10.6 Å². The lowest BCUT2D eigenvalue weighted by Crippen LogP contribution is -2.30. The van der Waals surface area contributed by atoms with Crippen molar-refractivity contribution in [3.63, 3.8) is 0 Å². The number of hydrogen-bond acceptors (Lipinski definition) is 2. The van der Waals surface area contributed by atoms with Gasteiger partial charge in [0.2, 0.25) is 5.91 Å². The van der Waals surface area contributed by atoms with Gasteiger partial charge in [-0.3, -0.25) is 9.59 Å². The Hall–Kier alpha value is -1.81. The Morgan fingerprint density at radius 3 is 2.23 bits per heavy atom. The molecule has 1 aromatic carbocycles. The number of anilines is 1. The summed E-state index contributed by atoms with van der Waals surface area (Å²) in [5.74, 6) is -0.300. The molecule has 0 heterocycles. The van der Waals surface area contributed by atoms with Crippen molar-refractivity contribution in [2.45, 2.75) is 39.0 Å². The van der Waals surface area contributed by atoms with Gasteiger partial charge in [0.15, 0.2) is 0 Å². The Balaban J connectivity index is 2.14. The third kappa shape index (κ3) is 4.34. The van der Waals surface area contributed by atoms with Gasteiger partial charge in [0.05, 0.1) is 0 Å². The van der Waals surface area contributed by atoms with Gasteiger partial charge in [-0.1, -0.05) is 18.5 Å². The lowest BCUT2D eigenvalue weighted by molar-refractivity contribution is -0.119. The van der Waals surface area contributed by atoms with E-state index in [1.807, 2.05) is 6.92 Å². The van der Waals surface area contributed by atoms with Crippen molar-refractivity contribution in [3.8, 4) is 0 Å². The molecule has 0 fully saturated rings. The first-order chi connectivity index (χ1) is 10.6. The molecule has 22 heavy (non-hydrogen) atoms. The van der Waals surface area contributed by atoms with Crippen molar-refractivity contribution < 1.29 is 9.59 Å². The predicted octanol–water partition coefficient (Wildman–Crippen LogP) is 3.68. The van der Waals surface area contributed by atoms with E-state index < -0.39 is 0 Å². The smallest absolute Gasteiger partial charge is 0.252 e. The highest BCUT2D eigenvalue weighted by Crippen LogP contribution is 2.26. The van der Waals surface area contributed by atoms with Crippen LogP contribution in [0.2, 0.25) is 5.02 Å². The van der Waals surface area contributed by atoms with Crippen molar-refractivity contribution in [3.05, 3.63) is 40.4 Å². The molecular formula is C17H21ClN2O2. The van der Waals surface area contributed by atoms with Crippen molar-refractivity contribution >= 4 is 29.1 Å². The number of amides is 2. The normalized spacial score (nSPS) is 14.6. The largest absolute Gasteiger partial charge is 0.352 e. The van der Waals surface area contributed by atoms with E-state index in [0.717, 1.165) is 19.3 Å². The summed E-state index contributed by atoms with van der Waals surface area (Å²) < 4.78 is 0. The number of halogens is 1. The van der Waals surface area contributed by atoms with Crippen LogP contribution in [0.15, 0.2) is 35.4 Å². The monoisotopic (exact) mass is 320 g/mol. The molecule has 0 aromatic heterocycles. The summed E-state index contributed by atoms with van der Waals surface area (Å²) in [6.07, 6.45) is 4.08. The molecule has 5 heteroatoms. The Kier molecular flexibility index (Phi) is 6.01. The molecule has 0 saturated heterocycles. The van der Waals surface area contributed by atoms with Gasteiger partial charge in [-0.05, 0) is 56.4 Å². The Bertz CT molecular complexity index is 579.